The number of hydrogen-bond acceptors (Lipinski definition) is 2. The fourth-order valence-electron chi connectivity index (χ4n) is 2.81. The first-order valence-electron chi connectivity index (χ1n) is 7.74. The standard InChI is InChI=1S/C18H20ClN3O.HI/c19-15-7-4-13(5-8-15)17(23)11-21-18(20)22-16-9-6-12-2-1-3-14(12)10-16;/h4-10,17,23H,1-3,11H2,(H3,20,21,22);1H. The van der Waals surface area contributed by atoms with Gasteiger partial charge in [0.15, 0.2) is 5.96 Å². The van der Waals surface area contributed by atoms with E-state index >= 15 is 0 Å². The number of anilines is 1. The number of guanidine groups is 1. The van der Waals surface area contributed by atoms with Crippen molar-refractivity contribution in [2.75, 3.05) is 11.9 Å². The van der Waals surface area contributed by atoms with Crippen LogP contribution in [0.1, 0.15) is 29.2 Å². The van der Waals surface area contributed by atoms with E-state index in [9.17, 15) is 5.11 Å². The molecule has 128 valence electrons. The molecule has 1 unspecified atom stereocenters. The molecule has 0 saturated carbocycles. The lowest BCUT2D eigenvalue weighted by atomic mass is 10.1. The minimum Gasteiger partial charge on any atom is -0.386 e. The van der Waals surface area contributed by atoms with E-state index < -0.39 is 6.10 Å². The zero-order valence-electron chi connectivity index (χ0n) is 13.2. The Morgan fingerprint density at radius 2 is 1.88 bits per heavy atom. The lowest BCUT2D eigenvalue weighted by Gasteiger charge is -2.11. The molecule has 2 aromatic rings. The zero-order chi connectivity index (χ0) is 16.2. The number of nitrogens with zero attached hydrogens (tertiary/aromatic N) is 1. The number of hydrogen-bond donors (Lipinski definition) is 3. The number of benzene rings is 2. The van der Waals surface area contributed by atoms with E-state index in [2.05, 4.69) is 22.4 Å². The minimum atomic E-state index is -0.701. The first kappa shape index (κ1) is 19.0. The van der Waals surface area contributed by atoms with Gasteiger partial charge in [-0.05, 0) is 60.2 Å². The Bertz CT molecular complexity index is 719. The molecule has 3 rings (SSSR count). The molecule has 0 spiro atoms. The van der Waals surface area contributed by atoms with E-state index in [1.54, 1.807) is 24.3 Å². The minimum absolute atomic E-state index is 0. The lowest BCUT2D eigenvalue weighted by molar-refractivity contribution is 0.187. The Hall–Kier alpha value is -1.31. The van der Waals surface area contributed by atoms with Gasteiger partial charge in [0, 0.05) is 10.7 Å². The number of nitrogens with two attached hydrogens (primary N) is 1. The van der Waals surface area contributed by atoms with Gasteiger partial charge in [-0.15, -0.1) is 24.0 Å². The van der Waals surface area contributed by atoms with E-state index in [0.29, 0.717) is 11.0 Å². The molecule has 0 bridgehead atoms. The van der Waals surface area contributed by atoms with Crippen molar-refractivity contribution in [3.8, 4) is 0 Å². The van der Waals surface area contributed by atoms with E-state index in [1.807, 2.05) is 6.07 Å². The number of aliphatic hydroxyl groups excluding tert-OH is 1. The van der Waals surface area contributed by atoms with Crippen LogP contribution >= 0.6 is 35.6 Å². The van der Waals surface area contributed by atoms with Crippen LogP contribution in [0.15, 0.2) is 47.5 Å². The fourth-order valence-corrected chi connectivity index (χ4v) is 2.94. The average molecular weight is 458 g/mol. The summed E-state index contributed by atoms with van der Waals surface area (Å²) in [5, 5.41) is 13.8. The summed E-state index contributed by atoms with van der Waals surface area (Å²) >= 11 is 5.84. The van der Waals surface area contributed by atoms with Crippen LogP contribution in [0.3, 0.4) is 0 Å². The fraction of sp³-hybridized carbons (Fsp3) is 0.278. The molecule has 0 aliphatic heterocycles. The maximum Gasteiger partial charge on any atom is 0.193 e. The van der Waals surface area contributed by atoms with Crippen LogP contribution < -0.4 is 11.1 Å². The third kappa shape index (κ3) is 4.84. The molecule has 4 N–H and O–H groups in total. The quantitative estimate of drug-likeness (QED) is 0.370. The van der Waals surface area contributed by atoms with Gasteiger partial charge in [0.05, 0.1) is 12.6 Å². The third-order valence-corrected chi connectivity index (χ3v) is 4.31. The number of halogens is 2. The second-order valence-electron chi connectivity index (χ2n) is 5.76. The molecule has 1 aliphatic carbocycles. The maximum absolute atomic E-state index is 10.1. The number of nitrogens with one attached hydrogen (secondary N) is 1. The highest BCUT2D eigenvalue weighted by Crippen LogP contribution is 2.24. The number of fused-ring (bicyclic) bond motifs is 1. The number of aryl methyl sites for hydroxylation is 2. The predicted octanol–water partition coefficient (Wildman–Crippen LogP) is 3.91. The highest BCUT2D eigenvalue weighted by atomic mass is 127. The average Bonchev–Trinajstić information content (AvgIpc) is 3.01. The van der Waals surface area contributed by atoms with Gasteiger partial charge in [-0.3, -0.25) is 4.99 Å². The van der Waals surface area contributed by atoms with Gasteiger partial charge in [0.2, 0.25) is 0 Å². The van der Waals surface area contributed by atoms with Gasteiger partial charge >= 0.3 is 0 Å². The summed E-state index contributed by atoms with van der Waals surface area (Å²) in [6, 6.07) is 13.3. The molecular weight excluding hydrogens is 437 g/mol. The molecule has 0 amide bonds. The number of rotatable bonds is 4. The molecule has 1 atom stereocenters. The molecule has 0 radical (unpaired) electrons. The summed E-state index contributed by atoms with van der Waals surface area (Å²) in [7, 11) is 0. The molecule has 0 aromatic heterocycles. The normalized spacial score (nSPS) is 14.7. The molecule has 0 fully saturated rings. The molecule has 6 heteroatoms. The summed E-state index contributed by atoms with van der Waals surface area (Å²) < 4.78 is 0. The van der Waals surface area contributed by atoms with Gasteiger partial charge in [-0.2, -0.15) is 0 Å². The molecule has 2 aromatic carbocycles. The Morgan fingerprint density at radius 1 is 1.17 bits per heavy atom. The molecule has 0 heterocycles. The van der Waals surface area contributed by atoms with Crippen LogP contribution in [0.25, 0.3) is 0 Å². The summed E-state index contributed by atoms with van der Waals surface area (Å²) in [4.78, 5) is 4.21. The Balaban J connectivity index is 0.00000208. The third-order valence-electron chi connectivity index (χ3n) is 4.06. The van der Waals surface area contributed by atoms with Gasteiger partial charge in [0.1, 0.15) is 0 Å². The van der Waals surface area contributed by atoms with Gasteiger partial charge in [-0.1, -0.05) is 29.8 Å². The zero-order valence-corrected chi connectivity index (χ0v) is 16.3. The topological polar surface area (TPSA) is 70.6 Å². The molecule has 1 aliphatic rings. The largest absolute Gasteiger partial charge is 0.386 e. The van der Waals surface area contributed by atoms with E-state index in [4.69, 9.17) is 17.3 Å². The van der Waals surface area contributed by atoms with Crippen molar-refractivity contribution in [1.82, 2.24) is 0 Å². The lowest BCUT2D eigenvalue weighted by Crippen LogP contribution is -2.23. The number of aliphatic imine (C=N–C) groups is 1. The second-order valence-corrected chi connectivity index (χ2v) is 6.19. The van der Waals surface area contributed by atoms with Crippen molar-refractivity contribution >= 4 is 47.2 Å². The summed E-state index contributed by atoms with van der Waals surface area (Å²) in [5.74, 6) is 0.302. The molecule has 0 saturated heterocycles. The highest BCUT2D eigenvalue weighted by Gasteiger charge is 2.11. The first-order chi connectivity index (χ1) is 11.1. The van der Waals surface area contributed by atoms with Crippen molar-refractivity contribution in [2.24, 2.45) is 10.7 Å². The van der Waals surface area contributed by atoms with Gasteiger partial charge in [0.25, 0.3) is 0 Å². The summed E-state index contributed by atoms with van der Waals surface area (Å²) in [6.07, 6.45) is 2.80. The highest BCUT2D eigenvalue weighted by molar-refractivity contribution is 14.0. The predicted molar refractivity (Wildman–Crippen MR) is 110 cm³/mol. The van der Waals surface area contributed by atoms with E-state index in [1.165, 1.54) is 17.5 Å². The first-order valence-corrected chi connectivity index (χ1v) is 8.12. The molecular formula is C18H21ClIN3O. The number of aliphatic hydroxyl groups is 1. The Labute approximate surface area is 164 Å². The van der Waals surface area contributed by atoms with Gasteiger partial charge < -0.3 is 16.2 Å². The SMILES string of the molecule is I.NC(=NCC(O)c1ccc(Cl)cc1)Nc1ccc2c(c1)CCC2. The Kier molecular flexibility index (Phi) is 6.89. The monoisotopic (exact) mass is 457 g/mol. The van der Waals surface area contributed by atoms with Crippen molar-refractivity contribution in [1.29, 1.82) is 0 Å². The van der Waals surface area contributed by atoms with Gasteiger partial charge in [-0.25, -0.2) is 0 Å². The maximum atomic E-state index is 10.1. The van der Waals surface area contributed by atoms with Crippen LogP contribution in [-0.2, 0) is 12.8 Å². The summed E-state index contributed by atoms with van der Waals surface area (Å²) in [5.41, 5.74) is 10.4. The van der Waals surface area contributed by atoms with Crippen molar-refractivity contribution in [3.05, 3.63) is 64.2 Å². The van der Waals surface area contributed by atoms with E-state index in [0.717, 1.165) is 24.1 Å². The van der Waals surface area contributed by atoms with E-state index in [-0.39, 0.29) is 30.5 Å². The van der Waals surface area contributed by atoms with Crippen LogP contribution in [0, 0.1) is 0 Å². The van der Waals surface area contributed by atoms with Crippen LogP contribution in [0.2, 0.25) is 5.02 Å². The molecule has 24 heavy (non-hydrogen) atoms. The van der Waals surface area contributed by atoms with Crippen molar-refractivity contribution in [2.45, 2.75) is 25.4 Å². The summed E-state index contributed by atoms with van der Waals surface area (Å²) in [6.45, 7) is 0.200. The second kappa shape index (κ2) is 8.69. The molecule has 4 nitrogen and oxygen atoms in total. The van der Waals surface area contributed by atoms with Crippen LogP contribution in [0.5, 0.6) is 0 Å². The smallest absolute Gasteiger partial charge is 0.193 e. The van der Waals surface area contributed by atoms with Crippen molar-refractivity contribution < 1.29 is 5.11 Å². The van der Waals surface area contributed by atoms with Crippen molar-refractivity contribution in [3.63, 3.8) is 0 Å². The van der Waals surface area contributed by atoms with Crippen LogP contribution in [-0.4, -0.2) is 17.6 Å². The van der Waals surface area contributed by atoms with Crippen LogP contribution in [0.4, 0.5) is 5.69 Å². The Morgan fingerprint density at radius 3 is 2.62 bits per heavy atom.